The summed E-state index contributed by atoms with van der Waals surface area (Å²) in [4.78, 5) is 39.3. The Morgan fingerprint density at radius 3 is 2.10 bits per heavy atom. The Kier molecular flexibility index (Phi) is 6.69. The Morgan fingerprint density at radius 1 is 0.966 bits per heavy atom. The largest absolute Gasteiger partial charge is 0.490 e. The molecule has 2 amide bonds. The van der Waals surface area contributed by atoms with Gasteiger partial charge >= 0.3 is 5.97 Å². The fourth-order valence-corrected chi connectivity index (χ4v) is 3.44. The topological polar surface area (TPSA) is 72.9 Å². The molecule has 3 rings (SSSR count). The van der Waals surface area contributed by atoms with Gasteiger partial charge in [-0.05, 0) is 48.7 Å². The van der Waals surface area contributed by atoms with Crippen LogP contribution in [0.5, 0.6) is 5.75 Å². The molecule has 0 saturated heterocycles. The van der Waals surface area contributed by atoms with E-state index in [9.17, 15) is 14.4 Å². The monoisotopic (exact) mass is 459 g/mol. The van der Waals surface area contributed by atoms with Crippen molar-refractivity contribution < 1.29 is 23.9 Å². The van der Waals surface area contributed by atoms with E-state index in [0.717, 1.165) is 9.37 Å². The van der Waals surface area contributed by atoms with Gasteiger partial charge in [0.2, 0.25) is 0 Å². The zero-order valence-electron chi connectivity index (χ0n) is 16.3. The van der Waals surface area contributed by atoms with Crippen LogP contribution in [0.1, 0.15) is 41.0 Å². The zero-order chi connectivity index (χ0) is 21.0. The van der Waals surface area contributed by atoms with Crippen LogP contribution in [0.2, 0.25) is 0 Å². The third kappa shape index (κ3) is 4.85. The first-order valence-electron chi connectivity index (χ1n) is 9.40. The van der Waals surface area contributed by atoms with Crippen LogP contribution in [0.25, 0.3) is 0 Å². The number of carbonyl (C=O) groups excluding carboxylic acids is 3. The third-order valence-electron chi connectivity index (χ3n) is 4.51. The van der Waals surface area contributed by atoms with Crippen LogP contribution in [-0.2, 0) is 9.53 Å². The first-order chi connectivity index (χ1) is 13.9. The number of halogens is 1. The van der Waals surface area contributed by atoms with E-state index in [4.69, 9.17) is 9.47 Å². The maximum absolute atomic E-state index is 12.7. The number of hydrogen-bond acceptors (Lipinski definition) is 5. The molecule has 0 N–H and O–H groups in total. The van der Waals surface area contributed by atoms with Gasteiger partial charge in [0.1, 0.15) is 25.0 Å². The average Bonchev–Trinajstić information content (AvgIpc) is 2.95. The van der Waals surface area contributed by atoms with E-state index in [2.05, 4.69) is 15.9 Å². The number of rotatable bonds is 8. The summed E-state index contributed by atoms with van der Waals surface area (Å²) in [6.45, 7) is 4.04. The molecule has 7 heteroatoms. The second kappa shape index (κ2) is 9.22. The van der Waals surface area contributed by atoms with Gasteiger partial charge in [-0.2, -0.15) is 0 Å². The summed E-state index contributed by atoms with van der Waals surface area (Å²) < 4.78 is 11.8. The predicted octanol–water partition coefficient (Wildman–Crippen LogP) is 4.08. The second-order valence-corrected chi connectivity index (χ2v) is 8.06. The van der Waals surface area contributed by atoms with E-state index in [-0.39, 0.29) is 19.1 Å². The Hall–Kier alpha value is -2.67. The van der Waals surface area contributed by atoms with Crippen LogP contribution in [0, 0.1) is 5.92 Å². The van der Waals surface area contributed by atoms with Crippen molar-refractivity contribution in [3.05, 3.63) is 64.1 Å². The Morgan fingerprint density at radius 2 is 1.55 bits per heavy atom. The summed E-state index contributed by atoms with van der Waals surface area (Å²) >= 11 is 3.35. The molecular weight excluding hydrogens is 438 g/mol. The molecule has 0 radical (unpaired) electrons. The molecule has 1 aliphatic heterocycles. The number of fused-ring (bicyclic) bond motifs is 1. The summed E-state index contributed by atoms with van der Waals surface area (Å²) in [5.41, 5.74) is 0.634. The molecule has 1 atom stereocenters. The highest BCUT2D eigenvalue weighted by atomic mass is 79.9. The minimum Gasteiger partial charge on any atom is -0.490 e. The number of hydrogen-bond donors (Lipinski definition) is 0. The van der Waals surface area contributed by atoms with E-state index in [1.807, 2.05) is 26.0 Å². The predicted molar refractivity (Wildman–Crippen MR) is 111 cm³/mol. The lowest BCUT2D eigenvalue weighted by atomic mass is 10.0. The van der Waals surface area contributed by atoms with Crippen molar-refractivity contribution in [1.29, 1.82) is 0 Å². The van der Waals surface area contributed by atoms with E-state index in [1.165, 1.54) is 0 Å². The average molecular weight is 460 g/mol. The molecule has 1 unspecified atom stereocenters. The van der Waals surface area contributed by atoms with Gasteiger partial charge in [-0.3, -0.25) is 14.5 Å². The number of benzene rings is 2. The van der Waals surface area contributed by atoms with Crippen molar-refractivity contribution in [1.82, 2.24) is 4.90 Å². The van der Waals surface area contributed by atoms with Gasteiger partial charge in [0.25, 0.3) is 11.8 Å². The van der Waals surface area contributed by atoms with Gasteiger partial charge < -0.3 is 9.47 Å². The lowest BCUT2D eigenvalue weighted by Crippen LogP contribution is -2.46. The molecule has 1 heterocycles. The maximum atomic E-state index is 12.7. The van der Waals surface area contributed by atoms with Crippen LogP contribution < -0.4 is 4.74 Å². The summed E-state index contributed by atoms with van der Waals surface area (Å²) in [6.07, 6.45) is 0.331. The van der Waals surface area contributed by atoms with Gasteiger partial charge in [0.15, 0.2) is 0 Å². The number of carbonyl (C=O) groups is 3. The van der Waals surface area contributed by atoms with Crippen LogP contribution in [0.15, 0.2) is 53.0 Å². The summed E-state index contributed by atoms with van der Waals surface area (Å²) in [7, 11) is 0. The molecule has 2 aromatic rings. The second-order valence-electron chi connectivity index (χ2n) is 7.14. The molecule has 2 aromatic carbocycles. The van der Waals surface area contributed by atoms with Gasteiger partial charge in [-0.15, -0.1) is 0 Å². The molecule has 0 bridgehead atoms. The van der Waals surface area contributed by atoms with Crippen molar-refractivity contribution in [3.63, 3.8) is 0 Å². The molecule has 6 nitrogen and oxygen atoms in total. The SMILES string of the molecule is CC(C)CC(C(=O)OCCOc1ccc(Br)cc1)N1C(=O)c2ccccc2C1=O. The molecule has 0 saturated carbocycles. The first-order valence-corrected chi connectivity index (χ1v) is 10.2. The molecule has 0 aromatic heterocycles. The van der Waals surface area contributed by atoms with Gasteiger partial charge in [-0.1, -0.05) is 41.9 Å². The lowest BCUT2D eigenvalue weighted by Gasteiger charge is -2.26. The highest BCUT2D eigenvalue weighted by molar-refractivity contribution is 9.10. The van der Waals surface area contributed by atoms with Gasteiger partial charge in [0, 0.05) is 4.47 Å². The Balaban J connectivity index is 1.64. The first kappa shape index (κ1) is 21.0. The summed E-state index contributed by atoms with van der Waals surface area (Å²) in [5, 5.41) is 0. The fourth-order valence-electron chi connectivity index (χ4n) is 3.17. The molecule has 0 aliphatic carbocycles. The quantitative estimate of drug-likeness (QED) is 0.337. The van der Waals surface area contributed by atoms with Crippen molar-refractivity contribution in [2.24, 2.45) is 5.92 Å². The molecule has 1 aliphatic rings. The molecule has 0 spiro atoms. The van der Waals surface area contributed by atoms with Crippen molar-refractivity contribution >= 4 is 33.7 Å². The summed E-state index contributed by atoms with van der Waals surface area (Å²) in [5.74, 6) is -0.773. The molecule has 0 fully saturated rings. The van der Waals surface area contributed by atoms with Gasteiger partial charge in [-0.25, -0.2) is 4.79 Å². The van der Waals surface area contributed by atoms with Gasteiger partial charge in [0.05, 0.1) is 11.1 Å². The molecular formula is C22H22BrNO5. The fraction of sp³-hybridized carbons (Fsp3) is 0.318. The summed E-state index contributed by atoms with van der Waals surface area (Å²) in [6, 6.07) is 12.9. The highest BCUT2D eigenvalue weighted by Crippen LogP contribution is 2.27. The van der Waals surface area contributed by atoms with Crippen LogP contribution in [0.3, 0.4) is 0 Å². The minimum absolute atomic E-state index is 0.0205. The van der Waals surface area contributed by atoms with E-state index in [0.29, 0.717) is 23.3 Å². The highest BCUT2D eigenvalue weighted by Gasteiger charge is 2.43. The number of imide groups is 1. The van der Waals surface area contributed by atoms with Crippen molar-refractivity contribution in [3.8, 4) is 5.75 Å². The smallest absolute Gasteiger partial charge is 0.329 e. The van der Waals surface area contributed by atoms with Crippen molar-refractivity contribution in [2.75, 3.05) is 13.2 Å². The van der Waals surface area contributed by atoms with Crippen LogP contribution in [0.4, 0.5) is 0 Å². The number of amides is 2. The minimum atomic E-state index is -0.963. The number of esters is 1. The van der Waals surface area contributed by atoms with E-state index < -0.39 is 23.8 Å². The lowest BCUT2D eigenvalue weighted by molar-refractivity contribution is -0.149. The molecule has 152 valence electrons. The van der Waals surface area contributed by atoms with E-state index in [1.54, 1.807) is 36.4 Å². The van der Waals surface area contributed by atoms with E-state index >= 15 is 0 Å². The van der Waals surface area contributed by atoms with Crippen LogP contribution in [-0.4, -0.2) is 41.9 Å². The Bertz CT molecular complexity index is 875. The normalized spacial score (nSPS) is 14.1. The Labute approximate surface area is 177 Å². The van der Waals surface area contributed by atoms with Crippen LogP contribution >= 0.6 is 15.9 Å². The zero-order valence-corrected chi connectivity index (χ0v) is 17.8. The van der Waals surface area contributed by atoms with Crippen molar-refractivity contribution in [2.45, 2.75) is 26.3 Å². The third-order valence-corrected chi connectivity index (χ3v) is 5.04. The maximum Gasteiger partial charge on any atom is 0.329 e. The number of ether oxygens (including phenoxy) is 2. The molecule has 29 heavy (non-hydrogen) atoms. The standard InChI is InChI=1S/C22H22BrNO5/c1-14(2)13-19(24-20(25)17-5-3-4-6-18(17)21(24)26)22(27)29-12-11-28-16-9-7-15(23)8-10-16/h3-10,14,19H,11-13H2,1-2H3. The number of nitrogens with zero attached hydrogens (tertiary/aromatic N) is 1.